The lowest BCUT2D eigenvalue weighted by Crippen LogP contribution is -2.55. The van der Waals surface area contributed by atoms with Crippen LogP contribution in [0, 0.1) is 6.92 Å². The molecule has 0 saturated carbocycles. The molecule has 0 spiro atoms. The lowest BCUT2D eigenvalue weighted by Gasteiger charge is -2.23. The van der Waals surface area contributed by atoms with E-state index >= 15 is 0 Å². The molecule has 0 bridgehead atoms. The van der Waals surface area contributed by atoms with Gasteiger partial charge in [-0.25, -0.2) is 19.3 Å². The summed E-state index contributed by atoms with van der Waals surface area (Å²) < 4.78 is 4.65. The second-order valence-corrected chi connectivity index (χ2v) is 8.57. The monoisotopic (exact) mass is 496 g/mol. The van der Waals surface area contributed by atoms with E-state index in [1.807, 2.05) is 57.2 Å². The molecule has 0 fully saturated rings. The van der Waals surface area contributed by atoms with Crippen molar-refractivity contribution in [1.29, 1.82) is 0 Å². The molecular weight excluding hydrogens is 460 g/mol. The van der Waals surface area contributed by atoms with Gasteiger partial charge in [-0.05, 0) is 57.4 Å². The number of imide groups is 1. The zero-order valence-electron chi connectivity index (χ0n) is 21.4. The van der Waals surface area contributed by atoms with E-state index in [0.29, 0.717) is 0 Å². The van der Waals surface area contributed by atoms with Gasteiger partial charge in [0.2, 0.25) is 0 Å². The van der Waals surface area contributed by atoms with Crippen LogP contribution < -0.4 is 27.0 Å². The van der Waals surface area contributed by atoms with E-state index in [1.165, 1.54) is 12.7 Å². The Morgan fingerprint density at radius 2 is 1.86 bits per heavy atom. The van der Waals surface area contributed by atoms with Crippen molar-refractivity contribution in [1.82, 2.24) is 31.9 Å². The Morgan fingerprint density at radius 3 is 2.53 bits per heavy atom. The van der Waals surface area contributed by atoms with Crippen molar-refractivity contribution in [3.8, 4) is 0 Å². The topological polar surface area (TPSA) is 124 Å². The van der Waals surface area contributed by atoms with Gasteiger partial charge in [-0.1, -0.05) is 42.0 Å². The molecule has 1 aromatic carbocycles. The minimum atomic E-state index is -0.775. The molecule has 1 aliphatic heterocycles. The summed E-state index contributed by atoms with van der Waals surface area (Å²) in [6.45, 7) is 10.3. The predicted molar refractivity (Wildman–Crippen MR) is 139 cm³/mol. The average Bonchev–Trinajstić information content (AvgIpc) is 2.84. The van der Waals surface area contributed by atoms with Gasteiger partial charge in [0.05, 0.1) is 19.2 Å². The first-order valence-electron chi connectivity index (χ1n) is 11.7. The molecule has 1 aromatic rings. The highest BCUT2D eigenvalue weighted by Crippen LogP contribution is 2.08. The second kappa shape index (κ2) is 14.4. The van der Waals surface area contributed by atoms with Gasteiger partial charge in [0.1, 0.15) is 0 Å². The fourth-order valence-electron chi connectivity index (χ4n) is 3.21. The molecule has 36 heavy (non-hydrogen) atoms. The molecule has 4 amide bonds. The zero-order chi connectivity index (χ0) is 26.5. The molecule has 0 aliphatic carbocycles. The number of methoxy groups -OCH3 is 1. The molecule has 2 rings (SSSR count). The number of hydrazine groups is 2. The first kappa shape index (κ1) is 28.2. The van der Waals surface area contributed by atoms with E-state index < -0.39 is 18.0 Å². The highest BCUT2D eigenvalue weighted by Gasteiger charge is 2.24. The van der Waals surface area contributed by atoms with Crippen LogP contribution in [0.1, 0.15) is 37.8 Å². The van der Waals surface area contributed by atoms with Gasteiger partial charge in [0.15, 0.2) is 0 Å². The molecule has 5 N–H and O–H groups in total. The standard InChI is InChI=1S/C26H36N6O4/c1-18(2)15-23-13-12-22(7-6-14-27-23)29-31-30-26(35)32(17-20(4)24(33)36-5)25(34)28-16-21-10-8-19(3)9-11-21/h8-13,15,27,29,31H,4,6-7,14,16-17H2,1-3,5H3,(H,28,34)(H,30,35). The molecule has 10 heteroatoms. The van der Waals surface area contributed by atoms with Gasteiger partial charge in [0, 0.05) is 24.5 Å². The zero-order valence-corrected chi connectivity index (χ0v) is 21.4. The van der Waals surface area contributed by atoms with Gasteiger partial charge in [-0.3, -0.25) is 5.43 Å². The third-order valence-electron chi connectivity index (χ3n) is 5.13. The maximum atomic E-state index is 12.8. The van der Waals surface area contributed by atoms with Gasteiger partial charge >= 0.3 is 18.0 Å². The molecule has 1 aliphatic rings. The number of aryl methyl sites for hydroxylation is 1. The van der Waals surface area contributed by atoms with Crippen molar-refractivity contribution in [2.45, 2.75) is 40.2 Å². The van der Waals surface area contributed by atoms with Crippen molar-refractivity contribution in [3.63, 3.8) is 0 Å². The number of esters is 1. The molecule has 0 aromatic heterocycles. The van der Waals surface area contributed by atoms with Crippen LogP contribution in [0.2, 0.25) is 0 Å². The number of carbonyl (C=O) groups excluding carboxylic acids is 3. The Bertz CT molecular complexity index is 1040. The maximum Gasteiger partial charge on any atom is 0.341 e. The second-order valence-electron chi connectivity index (χ2n) is 8.57. The Kier molecular flexibility index (Phi) is 11.3. The molecule has 0 radical (unpaired) electrons. The van der Waals surface area contributed by atoms with Crippen molar-refractivity contribution in [3.05, 3.63) is 82.7 Å². The highest BCUT2D eigenvalue weighted by atomic mass is 16.5. The van der Waals surface area contributed by atoms with E-state index in [-0.39, 0.29) is 18.7 Å². The van der Waals surface area contributed by atoms with Crippen molar-refractivity contribution < 1.29 is 19.1 Å². The molecule has 1 heterocycles. The van der Waals surface area contributed by atoms with Crippen LogP contribution >= 0.6 is 0 Å². The summed E-state index contributed by atoms with van der Waals surface area (Å²) in [6.07, 6.45) is 7.54. The Hall–Kier alpha value is -4.05. The lowest BCUT2D eigenvalue weighted by molar-refractivity contribution is -0.136. The van der Waals surface area contributed by atoms with E-state index in [0.717, 1.165) is 46.8 Å². The Morgan fingerprint density at radius 1 is 1.14 bits per heavy atom. The summed E-state index contributed by atoms with van der Waals surface area (Å²) in [5, 5.41) is 6.05. The quantitative estimate of drug-likeness (QED) is 0.202. The number of carbonyl (C=O) groups is 3. The predicted octanol–water partition coefficient (Wildman–Crippen LogP) is 3.07. The minimum absolute atomic E-state index is 0.0433. The van der Waals surface area contributed by atoms with E-state index in [2.05, 4.69) is 44.4 Å². The molecule has 0 saturated heterocycles. The summed E-state index contributed by atoms with van der Waals surface area (Å²) in [5.74, 6) is -0.711. The number of allylic oxidation sites excluding steroid dienone is 5. The largest absolute Gasteiger partial charge is 0.466 e. The molecule has 0 atom stereocenters. The van der Waals surface area contributed by atoms with E-state index in [4.69, 9.17) is 0 Å². The van der Waals surface area contributed by atoms with E-state index in [9.17, 15) is 14.4 Å². The Labute approximate surface area is 212 Å². The van der Waals surface area contributed by atoms with Crippen molar-refractivity contribution >= 4 is 18.0 Å². The number of nitrogens with one attached hydrogen (secondary N) is 5. The van der Waals surface area contributed by atoms with Crippen molar-refractivity contribution in [2.75, 3.05) is 20.2 Å². The van der Waals surface area contributed by atoms with Gasteiger partial charge in [-0.2, -0.15) is 0 Å². The number of ether oxygens (including phenoxy) is 1. The summed E-state index contributed by atoms with van der Waals surface area (Å²) in [7, 11) is 1.20. The van der Waals surface area contributed by atoms with Crippen LogP contribution in [0.4, 0.5) is 9.59 Å². The fraction of sp³-hybridized carbons (Fsp3) is 0.346. The third-order valence-corrected chi connectivity index (χ3v) is 5.13. The van der Waals surface area contributed by atoms with Crippen LogP contribution in [-0.4, -0.2) is 43.1 Å². The SMILES string of the molecule is C=C(CN(C(=O)NCc1ccc(C)cc1)C(=O)NNNC1=CC=C(C=C(C)C)NCCC1)C(=O)OC. The minimum Gasteiger partial charge on any atom is -0.466 e. The normalized spacial score (nSPS) is 12.9. The summed E-state index contributed by atoms with van der Waals surface area (Å²) in [6, 6.07) is 6.16. The molecular formula is C26H36N6O4. The summed E-state index contributed by atoms with van der Waals surface area (Å²) in [4.78, 5) is 38.3. The van der Waals surface area contributed by atoms with Crippen LogP contribution in [0.3, 0.4) is 0 Å². The number of nitrogens with zero attached hydrogens (tertiary/aromatic N) is 1. The molecule has 194 valence electrons. The van der Waals surface area contributed by atoms with E-state index in [1.54, 1.807) is 0 Å². The van der Waals surface area contributed by atoms with Crippen LogP contribution in [0.15, 0.2) is 71.6 Å². The first-order chi connectivity index (χ1) is 17.2. The highest BCUT2D eigenvalue weighted by molar-refractivity contribution is 5.96. The fourth-order valence-corrected chi connectivity index (χ4v) is 3.21. The van der Waals surface area contributed by atoms with Crippen LogP contribution in [0.5, 0.6) is 0 Å². The average molecular weight is 497 g/mol. The number of hydrogen-bond acceptors (Lipinski definition) is 7. The first-order valence-corrected chi connectivity index (χ1v) is 11.7. The molecule has 0 unspecified atom stereocenters. The van der Waals surface area contributed by atoms with Crippen LogP contribution in [0.25, 0.3) is 0 Å². The number of hydrogen-bond donors (Lipinski definition) is 5. The summed E-state index contributed by atoms with van der Waals surface area (Å²) >= 11 is 0. The number of urea groups is 2. The lowest BCUT2D eigenvalue weighted by atomic mass is 10.1. The number of benzene rings is 1. The smallest absolute Gasteiger partial charge is 0.341 e. The number of amides is 4. The van der Waals surface area contributed by atoms with Gasteiger partial charge in [-0.15, -0.1) is 5.53 Å². The van der Waals surface area contributed by atoms with Crippen LogP contribution in [-0.2, 0) is 16.1 Å². The third kappa shape index (κ3) is 9.67. The van der Waals surface area contributed by atoms with Gasteiger partial charge in [0.25, 0.3) is 0 Å². The molecule has 10 nitrogen and oxygen atoms in total. The number of rotatable bonds is 9. The van der Waals surface area contributed by atoms with Crippen molar-refractivity contribution in [2.24, 2.45) is 0 Å². The van der Waals surface area contributed by atoms with Gasteiger partial charge < -0.3 is 20.8 Å². The maximum absolute atomic E-state index is 12.8. The summed E-state index contributed by atoms with van der Waals surface area (Å²) in [5.41, 5.74) is 13.0. The Balaban J connectivity index is 2.02.